The highest BCUT2D eigenvalue weighted by molar-refractivity contribution is 5.19. The standard InChI is InChI=1S/C19H34N2/c1-7-16(8-2)18(21(5)6)14-20-19(15(3)4)17-12-10-9-11-13-17/h9-13,15-16,18-20H,7-8,14H2,1-6H3. The molecule has 0 aliphatic heterocycles. The average Bonchev–Trinajstić information content (AvgIpc) is 2.47. The first-order valence-electron chi connectivity index (χ1n) is 8.45. The molecule has 2 unspecified atom stereocenters. The van der Waals surface area contributed by atoms with Crippen LogP contribution in [0.15, 0.2) is 30.3 Å². The van der Waals surface area contributed by atoms with Crippen molar-refractivity contribution in [1.29, 1.82) is 0 Å². The van der Waals surface area contributed by atoms with E-state index in [-0.39, 0.29) is 0 Å². The zero-order valence-electron chi connectivity index (χ0n) is 14.8. The number of likely N-dealkylation sites (N-methyl/N-ethyl adjacent to an activating group) is 1. The normalized spacial score (nSPS) is 14.9. The van der Waals surface area contributed by atoms with E-state index in [1.165, 1.54) is 18.4 Å². The van der Waals surface area contributed by atoms with Crippen molar-refractivity contribution in [2.75, 3.05) is 20.6 Å². The van der Waals surface area contributed by atoms with Gasteiger partial charge in [0.05, 0.1) is 0 Å². The first-order chi connectivity index (χ1) is 10.0. The van der Waals surface area contributed by atoms with Gasteiger partial charge < -0.3 is 10.2 Å². The minimum atomic E-state index is 0.433. The van der Waals surface area contributed by atoms with Gasteiger partial charge in [-0.3, -0.25) is 0 Å². The van der Waals surface area contributed by atoms with Crippen LogP contribution in [-0.2, 0) is 0 Å². The zero-order valence-corrected chi connectivity index (χ0v) is 14.8. The number of hydrogen-bond donors (Lipinski definition) is 1. The van der Waals surface area contributed by atoms with Gasteiger partial charge >= 0.3 is 0 Å². The molecule has 120 valence electrons. The lowest BCUT2D eigenvalue weighted by atomic mass is 9.91. The van der Waals surface area contributed by atoms with E-state index in [9.17, 15) is 0 Å². The Morgan fingerprint density at radius 1 is 1.00 bits per heavy atom. The minimum Gasteiger partial charge on any atom is -0.308 e. The Morgan fingerprint density at radius 2 is 1.57 bits per heavy atom. The number of benzene rings is 1. The van der Waals surface area contributed by atoms with E-state index in [0.29, 0.717) is 18.0 Å². The highest BCUT2D eigenvalue weighted by atomic mass is 15.1. The molecular formula is C19H34N2. The fourth-order valence-electron chi connectivity index (χ4n) is 3.25. The van der Waals surface area contributed by atoms with E-state index in [1.807, 2.05) is 0 Å². The molecule has 0 saturated heterocycles. The topological polar surface area (TPSA) is 15.3 Å². The van der Waals surface area contributed by atoms with Crippen LogP contribution in [0, 0.1) is 11.8 Å². The summed E-state index contributed by atoms with van der Waals surface area (Å²) in [6.45, 7) is 10.3. The number of hydrogen-bond acceptors (Lipinski definition) is 2. The maximum Gasteiger partial charge on any atom is 0.0344 e. The zero-order chi connectivity index (χ0) is 15.8. The molecular weight excluding hydrogens is 256 g/mol. The lowest BCUT2D eigenvalue weighted by Gasteiger charge is -2.34. The third-order valence-corrected chi connectivity index (χ3v) is 4.63. The molecule has 1 aromatic rings. The van der Waals surface area contributed by atoms with Gasteiger partial charge in [-0.05, 0) is 31.5 Å². The molecule has 2 heteroatoms. The molecule has 1 aromatic carbocycles. The fourth-order valence-corrected chi connectivity index (χ4v) is 3.25. The Bertz CT molecular complexity index is 368. The first-order valence-corrected chi connectivity index (χ1v) is 8.45. The van der Waals surface area contributed by atoms with Gasteiger partial charge in [-0.25, -0.2) is 0 Å². The summed E-state index contributed by atoms with van der Waals surface area (Å²) in [6.07, 6.45) is 2.50. The van der Waals surface area contributed by atoms with Gasteiger partial charge in [-0.2, -0.15) is 0 Å². The largest absolute Gasteiger partial charge is 0.308 e. The quantitative estimate of drug-likeness (QED) is 0.728. The van der Waals surface area contributed by atoms with Crippen LogP contribution in [0.4, 0.5) is 0 Å². The van der Waals surface area contributed by atoms with Gasteiger partial charge in [0, 0.05) is 18.6 Å². The highest BCUT2D eigenvalue weighted by Gasteiger charge is 2.23. The molecule has 1 N–H and O–H groups in total. The molecule has 0 heterocycles. The van der Waals surface area contributed by atoms with Crippen LogP contribution < -0.4 is 5.32 Å². The van der Waals surface area contributed by atoms with Crippen molar-refractivity contribution in [2.45, 2.75) is 52.6 Å². The van der Waals surface area contributed by atoms with Gasteiger partial charge in [0.25, 0.3) is 0 Å². The second-order valence-electron chi connectivity index (χ2n) is 6.65. The molecule has 0 bridgehead atoms. The van der Waals surface area contributed by atoms with Crippen molar-refractivity contribution < 1.29 is 0 Å². The second-order valence-corrected chi connectivity index (χ2v) is 6.65. The summed E-state index contributed by atoms with van der Waals surface area (Å²) in [5.41, 5.74) is 1.40. The SMILES string of the molecule is CCC(CC)C(CNC(c1ccccc1)C(C)C)N(C)C. The summed E-state index contributed by atoms with van der Waals surface area (Å²) in [4.78, 5) is 2.38. The Morgan fingerprint density at radius 3 is 2.00 bits per heavy atom. The second kappa shape index (κ2) is 9.22. The van der Waals surface area contributed by atoms with Crippen molar-refractivity contribution in [3.05, 3.63) is 35.9 Å². The van der Waals surface area contributed by atoms with Crippen LogP contribution in [0.25, 0.3) is 0 Å². The molecule has 2 nitrogen and oxygen atoms in total. The van der Waals surface area contributed by atoms with Crippen molar-refractivity contribution in [2.24, 2.45) is 11.8 Å². The van der Waals surface area contributed by atoms with E-state index in [1.54, 1.807) is 0 Å². The van der Waals surface area contributed by atoms with Crippen LogP contribution in [0.5, 0.6) is 0 Å². The Labute approximate surface area is 131 Å². The van der Waals surface area contributed by atoms with E-state index in [4.69, 9.17) is 0 Å². The molecule has 0 aliphatic carbocycles. The average molecular weight is 290 g/mol. The van der Waals surface area contributed by atoms with Crippen LogP contribution in [0.1, 0.15) is 52.1 Å². The van der Waals surface area contributed by atoms with Crippen LogP contribution in [-0.4, -0.2) is 31.6 Å². The molecule has 0 fully saturated rings. The fraction of sp³-hybridized carbons (Fsp3) is 0.684. The van der Waals surface area contributed by atoms with E-state index < -0.39 is 0 Å². The van der Waals surface area contributed by atoms with E-state index >= 15 is 0 Å². The monoisotopic (exact) mass is 290 g/mol. The van der Waals surface area contributed by atoms with Gasteiger partial charge in [-0.1, -0.05) is 70.9 Å². The molecule has 0 spiro atoms. The van der Waals surface area contributed by atoms with Crippen LogP contribution in [0.3, 0.4) is 0 Å². The summed E-state index contributed by atoms with van der Waals surface area (Å²) < 4.78 is 0. The van der Waals surface area contributed by atoms with Crippen LogP contribution in [0.2, 0.25) is 0 Å². The maximum atomic E-state index is 3.82. The van der Waals surface area contributed by atoms with E-state index in [2.05, 4.69) is 82.3 Å². The predicted molar refractivity (Wildman–Crippen MR) is 93.6 cm³/mol. The molecule has 0 aromatic heterocycles. The minimum absolute atomic E-state index is 0.433. The Balaban J connectivity index is 2.75. The number of rotatable bonds is 9. The molecule has 21 heavy (non-hydrogen) atoms. The van der Waals surface area contributed by atoms with Gasteiger partial charge in [0.1, 0.15) is 0 Å². The predicted octanol–water partition coefficient (Wildman–Crippen LogP) is 4.34. The Hall–Kier alpha value is -0.860. The summed E-state index contributed by atoms with van der Waals surface area (Å²) in [7, 11) is 4.41. The number of nitrogens with one attached hydrogen (secondary N) is 1. The van der Waals surface area contributed by atoms with Crippen molar-refractivity contribution >= 4 is 0 Å². The van der Waals surface area contributed by atoms with Crippen molar-refractivity contribution in [3.63, 3.8) is 0 Å². The summed E-state index contributed by atoms with van der Waals surface area (Å²) >= 11 is 0. The van der Waals surface area contributed by atoms with Crippen molar-refractivity contribution in [1.82, 2.24) is 10.2 Å². The van der Waals surface area contributed by atoms with Crippen LogP contribution >= 0.6 is 0 Å². The van der Waals surface area contributed by atoms with Gasteiger partial charge in [-0.15, -0.1) is 0 Å². The lowest BCUT2D eigenvalue weighted by molar-refractivity contribution is 0.185. The maximum absolute atomic E-state index is 3.82. The molecule has 0 saturated carbocycles. The Kier molecular flexibility index (Phi) is 7.98. The molecule has 0 amide bonds. The molecule has 0 aliphatic rings. The third-order valence-electron chi connectivity index (χ3n) is 4.63. The first kappa shape index (κ1) is 18.2. The lowest BCUT2D eigenvalue weighted by Crippen LogP contribution is -2.44. The molecule has 2 atom stereocenters. The summed E-state index contributed by atoms with van der Waals surface area (Å²) in [5.74, 6) is 1.35. The van der Waals surface area contributed by atoms with Crippen molar-refractivity contribution in [3.8, 4) is 0 Å². The molecule has 0 radical (unpaired) electrons. The van der Waals surface area contributed by atoms with Gasteiger partial charge in [0.2, 0.25) is 0 Å². The summed E-state index contributed by atoms with van der Waals surface area (Å²) in [5, 5.41) is 3.82. The summed E-state index contributed by atoms with van der Waals surface area (Å²) in [6, 6.07) is 11.9. The number of nitrogens with zero attached hydrogens (tertiary/aromatic N) is 1. The smallest absolute Gasteiger partial charge is 0.0344 e. The third kappa shape index (κ3) is 5.44. The van der Waals surface area contributed by atoms with Gasteiger partial charge in [0.15, 0.2) is 0 Å². The molecule has 1 rings (SSSR count). The highest BCUT2D eigenvalue weighted by Crippen LogP contribution is 2.23. The van der Waals surface area contributed by atoms with E-state index in [0.717, 1.165) is 12.5 Å².